The predicted octanol–water partition coefficient (Wildman–Crippen LogP) is 4.15. The van der Waals surface area contributed by atoms with E-state index in [9.17, 15) is 9.90 Å². The Morgan fingerprint density at radius 3 is 2.55 bits per heavy atom. The van der Waals surface area contributed by atoms with Gasteiger partial charge in [-0.05, 0) is 37.0 Å². The first-order chi connectivity index (χ1) is 10.5. The van der Waals surface area contributed by atoms with E-state index in [0.29, 0.717) is 5.56 Å². The van der Waals surface area contributed by atoms with Crippen LogP contribution in [0.25, 0.3) is 21.3 Å². The summed E-state index contributed by atoms with van der Waals surface area (Å²) in [6.45, 7) is 6.07. The van der Waals surface area contributed by atoms with Crippen molar-refractivity contribution in [1.29, 1.82) is 0 Å². The molecule has 22 heavy (non-hydrogen) atoms. The number of benzene rings is 1. The number of fused-ring (bicyclic) bond motifs is 1. The molecule has 0 aliphatic heterocycles. The smallest absolute Gasteiger partial charge is 0.263 e. The molecule has 0 unspecified atom stereocenters. The maximum Gasteiger partial charge on any atom is 0.263 e. The van der Waals surface area contributed by atoms with Gasteiger partial charge in [0.15, 0.2) is 0 Å². The van der Waals surface area contributed by atoms with Crippen LogP contribution in [0.5, 0.6) is 5.75 Å². The molecule has 0 aliphatic rings. The third-order valence-corrected chi connectivity index (χ3v) is 5.48. The van der Waals surface area contributed by atoms with Gasteiger partial charge in [0.05, 0.1) is 10.9 Å². The van der Waals surface area contributed by atoms with E-state index in [2.05, 4.69) is 6.92 Å². The predicted molar refractivity (Wildman–Crippen MR) is 93.0 cm³/mol. The van der Waals surface area contributed by atoms with Gasteiger partial charge in [-0.25, -0.2) is 0 Å². The highest BCUT2D eigenvalue weighted by atomic mass is 32.1. The maximum atomic E-state index is 12.8. The summed E-state index contributed by atoms with van der Waals surface area (Å²) < 4.78 is 1.66. The lowest BCUT2D eigenvalue weighted by atomic mass is 9.98. The number of hydrogen-bond acceptors (Lipinski definition) is 3. The first-order valence-corrected chi connectivity index (χ1v) is 8.18. The molecule has 0 spiro atoms. The van der Waals surface area contributed by atoms with Crippen molar-refractivity contribution in [2.24, 2.45) is 7.05 Å². The van der Waals surface area contributed by atoms with Crippen molar-refractivity contribution in [3.05, 3.63) is 50.6 Å². The molecule has 0 fully saturated rings. The summed E-state index contributed by atoms with van der Waals surface area (Å²) in [7, 11) is 1.78. The van der Waals surface area contributed by atoms with Crippen molar-refractivity contribution < 1.29 is 5.11 Å². The highest BCUT2D eigenvalue weighted by Gasteiger charge is 2.22. The summed E-state index contributed by atoms with van der Waals surface area (Å²) in [5.74, 6) is 0.119. The van der Waals surface area contributed by atoms with Crippen LogP contribution in [0.15, 0.2) is 29.1 Å². The van der Waals surface area contributed by atoms with Crippen LogP contribution < -0.4 is 5.56 Å². The van der Waals surface area contributed by atoms with Crippen molar-refractivity contribution >= 4 is 21.6 Å². The van der Waals surface area contributed by atoms with Crippen LogP contribution in [-0.2, 0) is 13.5 Å². The van der Waals surface area contributed by atoms with E-state index >= 15 is 0 Å². The fourth-order valence-corrected chi connectivity index (χ4v) is 4.25. The standard InChI is InChI=1S/C18H19NO2S/c1-5-12-11(3)22-18-15(12)16(20)14(17(21)19(18)4)13-9-7-6-8-10(13)2/h6-9,20H,5H2,1-4H3. The van der Waals surface area contributed by atoms with Crippen molar-refractivity contribution in [3.8, 4) is 16.9 Å². The van der Waals surface area contributed by atoms with E-state index in [-0.39, 0.29) is 11.3 Å². The van der Waals surface area contributed by atoms with Crippen LogP contribution in [0, 0.1) is 13.8 Å². The lowest BCUT2D eigenvalue weighted by Crippen LogP contribution is -2.18. The number of pyridine rings is 1. The van der Waals surface area contributed by atoms with E-state index in [1.807, 2.05) is 38.1 Å². The number of aryl methyl sites for hydroxylation is 4. The molecule has 3 rings (SSSR count). The normalized spacial score (nSPS) is 11.3. The quantitative estimate of drug-likeness (QED) is 0.772. The van der Waals surface area contributed by atoms with Crippen molar-refractivity contribution in [3.63, 3.8) is 0 Å². The van der Waals surface area contributed by atoms with Crippen LogP contribution in [-0.4, -0.2) is 9.67 Å². The van der Waals surface area contributed by atoms with E-state index in [0.717, 1.165) is 38.2 Å². The Labute approximate surface area is 133 Å². The SMILES string of the molecule is CCc1c(C)sc2c1c(O)c(-c1ccccc1C)c(=O)n2C. The summed E-state index contributed by atoms with van der Waals surface area (Å²) in [6.07, 6.45) is 0.838. The van der Waals surface area contributed by atoms with E-state index in [4.69, 9.17) is 0 Å². The van der Waals surface area contributed by atoms with E-state index in [1.54, 1.807) is 23.0 Å². The zero-order chi connectivity index (χ0) is 16.0. The monoisotopic (exact) mass is 313 g/mol. The van der Waals surface area contributed by atoms with E-state index < -0.39 is 0 Å². The second kappa shape index (κ2) is 5.29. The minimum atomic E-state index is -0.150. The number of aromatic nitrogens is 1. The molecule has 0 saturated carbocycles. The Balaban J connectivity index is 2.52. The average Bonchev–Trinajstić information content (AvgIpc) is 2.84. The van der Waals surface area contributed by atoms with Gasteiger partial charge >= 0.3 is 0 Å². The lowest BCUT2D eigenvalue weighted by Gasteiger charge is -2.12. The third kappa shape index (κ3) is 1.98. The van der Waals surface area contributed by atoms with Gasteiger partial charge in [0.1, 0.15) is 10.6 Å². The van der Waals surface area contributed by atoms with Gasteiger partial charge in [0.2, 0.25) is 0 Å². The van der Waals surface area contributed by atoms with Gasteiger partial charge in [-0.15, -0.1) is 11.3 Å². The summed E-state index contributed by atoms with van der Waals surface area (Å²) in [5, 5.41) is 11.7. The summed E-state index contributed by atoms with van der Waals surface area (Å²) in [5.41, 5.74) is 3.17. The molecule has 1 aromatic carbocycles. The fraction of sp³-hybridized carbons (Fsp3) is 0.278. The molecule has 0 bridgehead atoms. The molecule has 2 aromatic heterocycles. The van der Waals surface area contributed by atoms with Gasteiger partial charge in [-0.1, -0.05) is 31.2 Å². The Bertz CT molecular complexity index is 934. The van der Waals surface area contributed by atoms with Crippen molar-refractivity contribution in [2.75, 3.05) is 0 Å². The zero-order valence-corrected chi connectivity index (χ0v) is 14.0. The number of thiophene rings is 1. The van der Waals surface area contributed by atoms with Crippen molar-refractivity contribution in [1.82, 2.24) is 4.57 Å². The first-order valence-electron chi connectivity index (χ1n) is 7.37. The van der Waals surface area contributed by atoms with Gasteiger partial charge in [0, 0.05) is 11.9 Å². The number of nitrogens with zero attached hydrogens (tertiary/aromatic N) is 1. The Hall–Kier alpha value is -2.07. The van der Waals surface area contributed by atoms with Crippen LogP contribution in [0.4, 0.5) is 0 Å². The molecule has 114 valence electrons. The first kappa shape index (κ1) is 14.9. The number of rotatable bonds is 2. The van der Waals surface area contributed by atoms with Gasteiger partial charge < -0.3 is 9.67 Å². The molecule has 0 saturated heterocycles. The van der Waals surface area contributed by atoms with Gasteiger partial charge in [-0.3, -0.25) is 4.79 Å². The van der Waals surface area contributed by atoms with Crippen LogP contribution in [0.1, 0.15) is 22.9 Å². The molecule has 3 aromatic rings. The maximum absolute atomic E-state index is 12.8. The molecule has 0 amide bonds. The Morgan fingerprint density at radius 1 is 1.23 bits per heavy atom. The second-order valence-electron chi connectivity index (χ2n) is 5.57. The minimum Gasteiger partial charge on any atom is -0.506 e. The highest BCUT2D eigenvalue weighted by Crippen LogP contribution is 2.40. The van der Waals surface area contributed by atoms with Crippen LogP contribution >= 0.6 is 11.3 Å². The second-order valence-corrected chi connectivity index (χ2v) is 6.78. The third-order valence-electron chi connectivity index (χ3n) is 4.26. The van der Waals surface area contributed by atoms with Crippen molar-refractivity contribution in [2.45, 2.75) is 27.2 Å². The lowest BCUT2D eigenvalue weighted by molar-refractivity contribution is 0.481. The van der Waals surface area contributed by atoms with Crippen LogP contribution in [0.2, 0.25) is 0 Å². The molecular weight excluding hydrogens is 294 g/mol. The number of aromatic hydroxyl groups is 1. The largest absolute Gasteiger partial charge is 0.506 e. The summed E-state index contributed by atoms with van der Waals surface area (Å²) in [6, 6.07) is 7.68. The molecule has 0 radical (unpaired) electrons. The summed E-state index contributed by atoms with van der Waals surface area (Å²) >= 11 is 1.57. The zero-order valence-electron chi connectivity index (χ0n) is 13.2. The molecule has 4 heteroatoms. The van der Waals surface area contributed by atoms with Gasteiger partial charge in [0.25, 0.3) is 5.56 Å². The van der Waals surface area contributed by atoms with Gasteiger partial charge in [-0.2, -0.15) is 0 Å². The topological polar surface area (TPSA) is 42.2 Å². The molecule has 0 aliphatic carbocycles. The van der Waals surface area contributed by atoms with E-state index in [1.165, 1.54) is 0 Å². The minimum absolute atomic E-state index is 0.119. The Kier molecular flexibility index (Phi) is 3.57. The average molecular weight is 313 g/mol. The molecule has 2 heterocycles. The molecule has 0 atom stereocenters. The molecule has 1 N–H and O–H groups in total. The summed E-state index contributed by atoms with van der Waals surface area (Å²) in [4.78, 5) is 14.8. The Morgan fingerprint density at radius 2 is 1.91 bits per heavy atom. The molecule has 3 nitrogen and oxygen atoms in total. The van der Waals surface area contributed by atoms with Crippen LogP contribution in [0.3, 0.4) is 0 Å². The molecular formula is C18H19NO2S. The highest BCUT2D eigenvalue weighted by molar-refractivity contribution is 7.18. The fourth-order valence-electron chi connectivity index (χ4n) is 3.05. The number of hydrogen-bond donors (Lipinski definition) is 1.